The summed E-state index contributed by atoms with van der Waals surface area (Å²) >= 11 is 0. The highest BCUT2D eigenvalue weighted by Gasteiger charge is 2.36. The van der Waals surface area contributed by atoms with Crippen LogP contribution in [-0.4, -0.2) is 59.5 Å². The zero-order chi connectivity index (χ0) is 14.6. The molecule has 0 aromatic heterocycles. The minimum absolute atomic E-state index is 0.0149. The zero-order valence-corrected chi connectivity index (χ0v) is 11.7. The summed E-state index contributed by atoms with van der Waals surface area (Å²) in [6.07, 6.45) is 0.583. The number of rotatable bonds is 5. The molecule has 1 atom stereocenters. The highest BCUT2D eigenvalue weighted by Crippen LogP contribution is 2.23. The van der Waals surface area contributed by atoms with Gasteiger partial charge >= 0.3 is 5.97 Å². The van der Waals surface area contributed by atoms with Gasteiger partial charge in [0.25, 0.3) is 0 Å². The number of hydrogen-bond acceptors (Lipinski definition) is 4. The fourth-order valence-electron chi connectivity index (χ4n) is 2.59. The molecule has 0 amide bonds. The Morgan fingerprint density at radius 1 is 1.40 bits per heavy atom. The lowest BCUT2D eigenvalue weighted by atomic mass is 9.92. The van der Waals surface area contributed by atoms with E-state index in [0.29, 0.717) is 26.1 Å². The molecule has 1 aromatic carbocycles. The SMILES string of the molecule is Cc1ccc(C[C@]2(CO)CN(CC(=O)O)CCO2)cc1. The standard InChI is InChI=1S/C15H21NO4/c1-12-2-4-13(5-3-12)8-15(11-17)10-16(6-7-20-15)9-14(18)19/h2-5,17H,6-11H2,1H3,(H,18,19)/t15-/m1/s1. The van der Waals surface area contributed by atoms with Crippen LogP contribution in [0.1, 0.15) is 11.1 Å². The quantitative estimate of drug-likeness (QED) is 0.829. The van der Waals surface area contributed by atoms with E-state index < -0.39 is 11.6 Å². The molecule has 5 nitrogen and oxygen atoms in total. The fourth-order valence-corrected chi connectivity index (χ4v) is 2.59. The van der Waals surface area contributed by atoms with Crippen LogP contribution >= 0.6 is 0 Å². The smallest absolute Gasteiger partial charge is 0.317 e. The van der Waals surface area contributed by atoms with Crippen LogP contribution in [0.2, 0.25) is 0 Å². The largest absolute Gasteiger partial charge is 0.480 e. The number of ether oxygens (including phenoxy) is 1. The number of aliphatic carboxylic acids is 1. The first-order valence-corrected chi connectivity index (χ1v) is 6.77. The van der Waals surface area contributed by atoms with Crippen molar-refractivity contribution >= 4 is 5.97 Å². The van der Waals surface area contributed by atoms with E-state index in [2.05, 4.69) is 0 Å². The summed E-state index contributed by atoms with van der Waals surface area (Å²) in [4.78, 5) is 12.6. The number of benzene rings is 1. The lowest BCUT2D eigenvalue weighted by Gasteiger charge is -2.41. The normalized spacial score (nSPS) is 23.7. The summed E-state index contributed by atoms with van der Waals surface area (Å²) in [5.74, 6) is -0.853. The number of nitrogens with zero attached hydrogens (tertiary/aromatic N) is 1. The molecule has 0 unspecified atom stereocenters. The highest BCUT2D eigenvalue weighted by atomic mass is 16.5. The third-order valence-electron chi connectivity index (χ3n) is 3.62. The average molecular weight is 279 g/mol. The Morgan fingerprint density at radius 2 is 2.10 bits per heavy atom. The van der Waals surface area contributed by atoms with E-state index >= 15 is 0 Å². The van der Waals surface area contributed by atoms with Crippen LogP contribution in [0.3, 0.4) is 0 Å². The number of hydrogen-bond donors (Lipinski definition) is 2. The fraction of sp³-hybridized carbons (Fsp3) is 0.533. The van der Waals surface area contributed by atoms with Crippen molar-refractivity contribution in [3.8, 4) is 0 Å². The Bertz CT molecular complexity index is 459. The minimum atomic E-state index is -0.853. The second-order valence-electron chi connectivity index (χ2n) is 5.46. The number of carboxylic acid groups (broad SMARTS) is 1. The monoisotopic (exact) mass is 279 g/mol. The maximum Gasteiger partial charge on any atom is 0.317 e. The molecule has 1 saturated heterocycles. The molecule has 2 rings (SSSR count). The molecule has 0 saturated carbocycles. The second-order valence-corrected chi connectivity index (χ2v) is 5.46. The van der Waals surface area contributed by atoms with Crippen LogP contribution in [0, 0.1) is 6.92 Å². The van der Waals surface area contributed by atoms with E-state index in [1.807, 2.05) is 36.1 Å². The van der Waals surface area contributed by atoms with Gasteiger partial charge in [-0.05, 0) is 12.5 Å². The predicted octanol–water partition coefficient (Wildman–Crippen LogP) is 0.685. The predicted molar refractivity (Wildman–Crippen MR) is 74.7 cm³/mol. The van der Waals surface area contributed by atoms with Gasteiger partial charge in [-0.3, -0.25) is 9.69 Å². The van der Waals surface area contributed by atoms with Crippen LogP contribution in [-0.2, 0) is 16.0 Å². The van der Waals surface area contributed by atoms with Crippen LogP contribution < -0.4 is 0 Å². The maximum atomic E-state index is 10.8. The molecule has 20 heavy (non-hydrogen) atoms. The van der Waals surface area contributed by atoms with Crippen molar-refractivity contribution in [2.75, 3.05) is 32.8 Å². The van der Waals surface area contributed by atoms with Gasteiger partial charge in [0.05, 0.1) is 19.8 Å². The average Bonchev–Trinajstić information content (AvgIpc) is 2.41. The molecule has 1 aliphatic rings. The Kier molecular flexibility index (Phi) is 4.75. The second kappa shape index (κ2) is 6.35. The number of carbonyl (C=O) groups is 1. The molecule has 1 aromatic rings. The lowest BCUT2D eigenvalue weighted by Crippen LogP contribution is -2.56. The van der Waals surface area contributed by atoms with E-state index in [-0.39, 0.29) is 13.2 Å². The summed E-state index contributed by atoms with van der Waals surface area (Å²) in [5.41, 5.74) is 1.56. The van der Waals surface area contributed by atoms with E-state index in [1.165, 1.54) is 5.56 Å². The van der Waals surface area contributed by atoms with Gasteiger partial charge in [0.2, 0.25) is 0 Å². The summed E-state index contributed by atoms with van der Waals surface area (Å²) in [6, 6.07) is 8.09. The van der Waals surface area contributed by atoms with Crippen molar-refractivity contribution in [3.05, 3.63) is 35.4 Å². The molecule has 1 aliphatic heterocycles. The van der Waals surface area contributed by atoms with E-state index in [9.17, 15) is 9.90 Å². The van der Waals surface area contributed by atoms with Gasteiger partial charge in [-0.1, -0.05) is 29.8 Å². The summed E-state index contributed by atoms with van der Waals surface area (Å²) < 4.78 is 5.78. The van der Waals surface area contributed by atoms with Crippen molar-refractivity contribution in [1.29, 1.82) is 0 Å². The highest BCUT2D eigenvalue weighted by molar-refractivity contribution is 5.69. The molecule has 1 heterocycles. The third kappa shape index (κ3) is 3.79. The molecule has 0 spiro atoms. The lowest BCUT2D eigenvalue weighted by molar-refractivity contribution is -0.150. The van der Waals surface area contributed by atoms with Crippen molar-refractivity contribution in [1.82, 2.24) is 4.90 Å². The van der Waals surface area contributed by atoms with E-state index in [1.54, 1.807) is 0 Å². The van der Waals surface area contributed by atoms with Crippen LogP contribution in [0.25, 0.3) is 0 Å². The maximum absolute atomic E-state index is 10.8. The van der Waals surface area contributed by atoms with Crippen LogP contribution in [0.15, 0.2) is 24.3 Å². The van der Waals surface area contributed by atoms with Crippen molar-refractivity contribution in [2.24, 2.45) is 0 Å². The number of carboxylic acids is 1. The molecule has 1 fully saturated rings. The molecule has 0 radical (unpaired) electrons. The van der Waals surface area contributed by atoms with Gasteiger partial charge in [0.1, 0.15) is 5.60 Å². The zero-order valence-electron chi connectivity index (χ0n) is 11.7. The minimum Gasteiger partial charge on any atom is -0.480 e. The summed E-state index contributed by atoms with van der Waals surface area (Å²) in [5, 5.41) is 18.6. The van der Waals surface area contributed by atoms with Crippen molar-refractivity contribution in [3.63, 3.8) is 0 Å². The molecular formula is C15H21NO4. The molecule has 5 heteroatoms. The first-order valence-electron chi connectivity index (χ1n) is 6.77. The topological polar surface area (TPSA) is 70.0 Å². The Labute approximate surface area is 118 Å². The van der Waals surface area contributed by atoms with Gasteiger partial charge in [-0.2, -0.15) is 0 Å². The third-order valence-corrected chi connectivity index (χ3v) is 3.62. The van der Waals surface area contributed by atoms with Crippen LogP contribution in [0.5, 0.6) is 0 Å². The first kappa shape index (κ1) is 15.0. The van der Waals surface area contributed by atoms with Crippen LogP contribution in [0.4, 0.5) is 0 Å². The Balaban J connectivity index is 2.08. The van der Waals surface area contributed by atoms with Gasteiger partial charge in [-0.25, -0.2) is 0 Å². The molecule has 0 bridgehead atoms. The van der Waals surface area contributed by atoms with Gasteiger partial charge in [-0.15, -0.1) is 0 Å². The Hall–Kier alpha value is -1.43. The molecular weight excluding hydrogens is 258 g/mol. The number of aliphatic hydroxyl groups is 1. The van der Waals surface area contributed by atoms with Crippen molar-refractivity contribution in [2.45, 2.75) is 18.9 Å². The Morgan fingerprint density at radius 3 is 2.70 bits per heavy atom. The molecule has 2 N–H and O–H groups in total. The number of aliphatic hydroxyl groups excluding tert-OH is 1. The van der Waals surface area contributed by atoms with Gasteiger partial charge in [0.15, 0.2) is 0 Å². The number of aryl methyl sites for hydroxylation is 1. The first-order chi connectivity index (χ1) is 9.53. The summed E-state index contributed by atoms with van der Waals surface area (Å²) in [6.45, 7) is 3.36. The molecule has 0 aliphatic carbocycles. The molecule has 110 valence electrons. The van der Waals surface area contributed by atoms with E-state index in [4.69, 9.17) is 9.84 Å². The van der Waals surface area contributed by atoms with Gasteiger partial charge in [0, 0.05) is 19.5 Å². The van der Waals surface area contributed by atoms with Gasteiger partial charge < -0.3 is 14.9 Å². The van der Waals surface area contributed by atoms with Crippen molar-refractivity contribution < 1.29 is 19.7 Å². The van der Waals surface area contributed by atoms with E-state index in [0.717, 1.165) is 5.56 Å². The summed E-state index contributed by atoms with van der Waals surface area (Å²) in [7, 11) is 0. The number of morpholine rings is 1.